The summed E-state index contributed by atoms with van der Waals surface area (Å²) in [4.78, 5) is 10.6. The maximum Gasteiger partial charge on any atom is 0.150 e. The molecule has 0 atom stereocenters. The summed E-state index contributed by atoms with van der Waals surface area (Å²) in [6.07, 6.45) is 0.925. The zero-order chi connectivity index (χ0) is 9.14. The summed E-state index contributed by atoms with van der Waals surface area (Å²) in [6.45, 7) is 6.24. The van der Waals surface area contributed by atoms with Gasteiger partial charge in [-0.3, -0.25) is 4.79 Å². The predicted octanol–water partition coefficient (Wildman–Crippen LogP) is 2.93. The fraction of sp³-hybridized carbons (Fsp3) is 0.364. The first-order chi connectivity index (χ1) is 5.65. The van der Waals surface area contributed by atoms with E-state index in [1.807, 2.05) is 19.1 Å². The van der Waals surface area contributed by atoms with Crippen molar-refractivity contribution in [2.45, 2.75) is 26.7 Å². The van der Waals surface area contributed by atoms with Crippen LogP contribution in [-0.4, -0.2) is 6.29 Å². The van der Waals surface area contributed by atoms with Crippen LogP contribution in [0.4, 0.5) is 0 Å². The number of carbonyl (C=O) groups excluding carboxylic acids is 1. The lowest BCUT2D eigenvalue weighted by molar-refractivity contribution is 0.112. The van der Waals surface area contributed by atoms with Gasteiger partial charge in [0, 0.05) is 5.56 Å². The highest BCUT2D eigenvalue weighted by atomic mass is 16.1. The lowest BCUT2D eigenvalue weighted by Gasteiger charge is -2.08. The Morgan fingerprint density at radius 3 is 2.50 bits per heavy atom. The van der Waals surface area contributed by atoms with Gasteiger partial charge in [0.15, 0.2) is 0 Å². The molecule has 0 aliphatic rings. The normalized spacial score (nSPS) is 10.3. The largest absolute Gasteiger partial charge is 0.298 e. The first kappa shape index (κ1) is 8.98. The molecule has 0 unspecified atom stereocenters. The van der Waals surface area contributed by atoms with Crippen LogP contribution in [0.25, 0.3) is 0 Å². The van der Waals surface area contributed by atoms with Crippen LogP contribution >= 0.6 is 0 Å². The highest BCUT2D eigenvalue weighted by Gasteiger charge is 2.04. The summed E-state index contributed by atoms with van der Waals surface area (Å²) in [5, 5.41) is 0. The fourth-order valence-corrected chi connectivity index (χ4v) is 1.30. The van der Waals surface area contributed by atoms with Gasteiger partial charge in [0.25, 0.3) is 0 Å². The third-order valence-corrected chi connectivity index (χ3v) is 1.99. The van der Waals surface area contributed by atoms with E-state index in [1.165, 1.54) is 5.56 Å². The molecule has 1 aromatic carbocycles. The predicted molar refractivity (Wildman–Crippen MR) is 50.7 cm³/mol. The number of aryl methyl sites for hydroxylation is 1. The highest BCUT2D eigenvalue weighted by Crippen LogP contribution is 2.19. The van der Waals surface area contributed by atoms with E-state index >= 15 is 0 Å². The second kappa shape index (κ2) is 3.53. The summed E-state index contributed by atoms with van der Waals surface area (Å²) in [5.41, 5.74) is 3.17. The SMILES string of the molecule is Cc1ccc(C=O)c(C(C)C)c1. The van der Waals surface area contributed by atoms with Gasteiger partial charge in [-0.2, -0.15) is 0 Å². The standard InChI is InChI=1S/C11H14O/c1-8(2)11-6-9(3)4-5-10(11)7-12/h4-8H,1-3H3. The molecule has 1 aromatic rings. The van der Waals surface area contributed by atoms with Crippen molar-refractivity contribution in [1.82, 2.24) is 0 Å². The van der Waals surface area contributed by atoms with Crippen molar-refractivity contribution in [3.05, 3.63) is 34.9 Å². The minimum atomic E-state index is 0.421. The summed E-state index contributed by atoms with van der Waals surface area (Å²) in [7, 11) is 0. The van der Waals surface area contributed by atoms with E-state index in [9.17, 15) is 4.79 Å². The quantitative estimate of drug-likeness (QED) is 0.611. The number of hydrogen-bond donors (Lipinski definition) is 0. The average molecular weight is 162 g/mol. The van der Waals surface area contributed by atoms with Crippen LogP contribution in [0, 0.1) is 6.92 Å². The maximum atomic E-state index is 10.6. The third kappa shape index (κ3) is 1.73. The summed E-state index contributed by atoms with van der Waals surface area (Å²) >= 11 is 0. The topological polar surface area (TPSA) is 17.1 Å². The first-order valence-corrected chi connectivity index (χ1v) is 4.21. The Balaban J connectivity index is 3.21. The van der Waals surface area contributed by atoms with Gasteiger partial charge in [-0.05, 0) is 18.4 Å². The highest BCUT2D eigenvalue weighted by molar-refractivity contribution is 5.77. The lowest BCUT2D eigenvalue weighted by atomic mass is 9.96. The number of benzene rings is 1. The minimum Gasteiger partial charge on any atom is -0.298 e. The zero-order valence-electron chi connectivity index (χ0n) is 7.79. The molecule has 1 nitrogen and oxygen atoms in total. The molecule has 64 valence electrons. The molecule has 0 radical (unpaired) electrons. The Bertz CT molecular complexity index is 287. The molecule has 0 aromatic heterocycles. The number of aldehydes is 1. The van der Waals surface area contributed by atoms with E-state index in [0.717, 1.165) is 17.4 Å². The smallest absolute Gasteiger partial charge is 0.150 e. The molecule has 0 saturated heterocycles. The second-order valence-corrected chi connectivity index (χ2v) is 3.40. The van der Waals surface area contributed by atoms with E-state index in [2.05, 4.69) is 19.9 Å². The molecule has 0 heterocycles. The molecule has 1 rings (SSSR count). The van der Waals surface area contributed by atoms with Gasteiger partial charge >= 0.3 is 0 Å². The van der Waals surface area contributed by atoms with Gasteiger partial charge in [-0.15, -0.1) is 0 Å². The number of hydrogen-bond acceptors (Lipinski definition) is 1. The molecule has 0 fully saturated rings. The minimum absolute atomic E-state index is 0.421. The van der Waals surface area contributed by atoms with Gasteiger partial charge in [0.2, 0.25) is 0 Å². The van der Waals surface area contributed by atoms with E-state index in [4.69, 9.17) is 0 Å². The first-order valence-electron chi connectivity index (χ1n) is 4.21. The number of carbonyl (C=O) groups is 1. The van der Waals surface area contributed by atoms with E-state index < -0.39 is 0 Å². The monoisotopic (exact) mass is 162 g/mol. The zero-order valence-corrected chi connectivity index (χ0v) is 7.79. The van der Waals surface area contributed by atoms with E-state index in [-0.39, 0.29) is 0 Å². The molecule has 0 amide bonds. The Morgan fingerprint density at radius 1 is 1.33 bits per heavy atom. The van der Waals surface area contributed by atoms with Crippen LogP contribution in [0.2, 0.25) is 0 Å². The second-order valence-electron chi connectivity index (χ2n) is 3.40. The molecule has 0 bridgehead atoms. The Hall–Kier alpha value is -1.11. The Morgan fingerprint density at radius 2 is 2.00 bits per heavy atom. The van der Waals surface area contributed by atoms with Gasteiger partial charge in [-0.1, -0.05) is 37.6 Å². The van der Waals surface area contributed by atoms with Gasteiger partial charge in [0.05, 0.1) is 0 Å². The molecular formula is C11H14O. The molecule has 0 spiro atoms. The molecule has 0 N–H and O–H groups in total. The summed E-state index contributed by atoms with van der Waals surface area (Å²) < 4.78 is 0. The van der Waals surface area contributed by atoms with E-state index in [1.54, 1.807) is 0 Å². The van der Waals surface area contributed by atoms with Gasteiger partial charge in [0.1, 0.15) is 6.29 Å². The van der Waals surface area contributed by atoms with Crippen LogP contribution in [0.1, 0.15) is 41.3 Å². The van der Waals surface area contributed by atoms with E-state index in [0.29, 0.717) is 5.92 Å². The third-order valence-electron chi connectivity index (χ3n) is 1.99. The summed E-state index contributed by atoms with van der Waals surface area (Å²) in [5.74, 6) is 0.421. The Labute approximate surface area is 73.4 Å². The van der Waals surface area contributed by atoms with Crippen LogP contribution in [0.15, 0.2) is 18.2 Å². The van der Waals surface area contributed by atoms with Gasteiger partial charge in [-0.25, -0.2) is 0 Å². The van der Waals surface area contributed by atoms with Crippen molar-refractivity contribution < 1.29 is 4.79 Å². The van der Waals surface area contributed by atoms with Crippen molar-refractivity contribution in [2.24, 2.45) is 0 Å². The van der Waals surface area contributed by atoms with Crippen molar-refractivity contribution >= 4 is 6.29 Å². The number of rotatable bonds is 2. The molecule has 0 aliphatic heterocycles. The molecule has 1 heteroatoms. The van der Waals surface area contributed by atoms with Gasteiger partial charge < -0.3 is 0 Å². The van der Waals surface area contributed by atoms with Crippen molar-refractivity contribution in [1.29, 1.82) is 0 Å². The Kier molecular flexibility index (Phi) is 2.64. The van der Waals surface area contributed by atoms with Crippen LogP contribution in [0.5, 0.6) is 0 Å². The molecular weight excluding hydrogens is 148 g/mol. The molecule has 0 aliphatic carbocycles. The average Bonchev–Trinajstić information content (AvgIpc) is 2.04. The van der Waals surface area contributed by atoms with Crippen LogP contribution in [0.3, 0.4) is 0 Å². The van der Waals surface area contributed by atoms with Crippen LogP contribution in [-0.2, 0) is 0 Å². The molecule has 12 heavy (non-hydrogen) atoms. The van der Waals surface area contributed by atoms with Crippen LogP contribution < -0.4 is 0 Å². The van der Waals surface area contributed by atoms with Crippen molar-refractivity contribution in [2.75, 3.05) is 0 Å². The van der Waals surface area contributed by atoms with Crippen molar-refractivity contribution in [3.8, 4) is 0 Å². The maximum absolute atomic E-state index is 10.6. The fourth-order valence-electron chi connectivity index (χ4n) is 1.30. The summed E-state index contributed by atoms with van der Waals surface area (Å²) in [6, 6.07) is 5.93. The van der Waals surface area contributed by atoms with Crippen molar-refractivity contribution in [3.63, 3.8) is 0 Å². The molecule has 0 saturated carbocycles. The lowest BCUT2D eigenvalue weighted by Crippen LogP contribution is -1.95.